The van der Waals surface area contributed by atoms with E-state index in [1.807, 2.05) is 12.1 Å². The van der Waals surface area contributed by atoms with E-state index in [4.69, 9.17) is 4.74 Å². The van der Waals surface area contributed by atoms with Gasteiger partial charge in [0.1, 0.15) is 5.75 Å². The fourth-order valence-electron chi connectivity index (χ4n) is 4.13. The molecule has 25 heavy (non-hydrogen) atoms. The van der Waals surface area contributed by atoms with Gasteiger partial charge < -0.3 is 15.0 Å². The van der Waals surface area contributed by atoms with Crippen LogP contribution in [0.4, 0.5) is 0 Å². The summed E-state index contributed by atoms with van der Waals surface area (Å²) in [4.78, 5) is 14.9. The fraction of sp³-hybridized carbons (Fsp3) is 0.667. The van der Waals surface area contributed by atoms with Crippen molar-refractivity contribution in [1.29, 1.82) is 0 Å². The summed E-state index contributed by atoms with van der Waals surface area (Å²) < 4.78 is 5.26. The Kier molecular flexibility index (Phi) is 6.35. The van der Waals surface area contributed by atoms with Gasteiger partial charge in [0.15, 0.2) is 0 Å². The van der Waals surface area contributed by atoms with Crippen molar-refractivity contribution in [3.63, 3.8) is 0 Å². The van der Waals surface area contributed by atoms with E-state index in [2.05, 4.69) is 29.3 Å². The van der Waals surface area contributed by atoms with Crippen LogP contribution in [-0.4, -0.2) is 37.0 Å². The van der Waals surface area contributed by atoms with Gasteiger partial charge in [0.25, 0.3) is 0 Å². The molecular formula is C21H32N2O2. The van der Waals surface area contributed by atoms with Crippen molar-refractivity contribution in [2.24, 2.45) is 5.92 Å². The summed E-state index contributed by atoms with van der Waals surface area (Å²) in [5.41, 5.74) is 1.26. The first kappa shape index (κ1) is 18.2. The Hall–Kier alpha value is -1.55. The van der Waals surface area contributed by atoms with Crippen molar-refractivity contribution in [2.75, 3.05) is 20.2 Å². The number of nitrogens with one attached hydrogen (secondary N) is 1. The van der Waals surface area contributed by atoms with Gasteiger partial charge in [0.2, 0.25) is 5.91 Å². The Labute approximate surface area is 151 Å². The molecular weight excluding hydrogens is 312 g/mol. The molecule has 1 aromatic rings. The van der Waals surface area contributed by atoms with Gasteiger partial charge in [-0.05, 0) is 56.2 Å². The monoisotopic (exact) mass is 344 g/mol. The van der Waals surface area contributed by atoms with Crippen LogP contribution in [0.15, 0.2) is 24.3 Å². The molecule has 1 unspecified atom stereocenters. The number of ether oxygens (including phenoxy) is 1. The molecule has 0 heterocycles. The number of methoxy groups -OCH3 is 1. The Morgan fingerprint density at radius 2 is 1.84 bits per heavy atom. The van der Waals surface area contributed by atoms with Crippen LogP contribution in [0.1, 0.15) is 63.5 Å². The molecule has 0 aromatic heterocycles. The number of carbonyl (C=O) groups is 1. The first-order valence-electron chi connectivity index (χ1n) is 9.89. The van der Waals surface area contributed by atoms with Crippen molar-refractivity contribution in [1.82, 2.24) is 10.2 Å². The Bertz CT molecular complexity index is 548. The second kappa shape index (κ2) is 8.70. The van der Waals surface area contributed by atoms with E-state index in [9.17, 15) is 4.79 Å². The maximum absolute atomic E-state index is 12.8. The second-order valence-electron chi connectivity index (χ2n) is 7.44. The Balaban J connectivity index is 1.59. The van der Waals surface area contributed by atoms with Crippen LogP contribution in [0, 0.1) is 5.92 Å². The quantitative estimate of drug-likeness (QED) is 0.777. The molecule has 1 atom stereocenters. The van der Waals surface area contributed by atoms with Crippen molar-refractivity contribution >= 4 is 5.91 Å². The lowest BCUT2D eigenvalue weighted by molar-refractivity contribution is -0.133. The molecule has 0 bridgehead atoms. The highest BCUT2D eigenvalue weighted by molar-refractivity contribution is 5.78. The number of amides is 1. The first-order chi connectivity index (χ1) is 12.2. The number of rotatable bonds is 8. The highest BCUT2D eigenvalue weighted by Gasteiger charge is 2.33. The molecule has 1 amide bonds. The second-order valence-corrected chi connectivity index (χ2v) is 7.44. The van der Waals surface area contributed by atoms with E-state index >= 15 is 0 Å². The van der Waals surface area contributed by atoms with Gasteiger partial charge in [-0.3, -0.25) is 4.79 Å². The van der Waals surface area contributed by atoms with E-state index < -0.39 is 0 Å². The summed E-state index contributed by atoms with van der Waals surface area (Å²) in [6, 6.07) is 8.99. The normalized spacial score (nSPS) is 19.4. The average molecular weight is 344 g/mol. The number of nitrogens with zero attached hydrogens (tertiary/aromatic N) is 1. The molecule has 0 aliphatic heterocycles. The van der Waals surface area contributed by atoms with Crippen LogP contribution in [0.3, 0.4) is 0 Å². The zero-order chi connectivity index (χ0) is 17.6. The van der Waals surface area contributed by atoms with E-state index in [0.717, 1.165) is 12.3 Å². The maximum atomic E-state index is 12.8. The minimum atomic E-state index is 0.258. The molecule has 2 aliphatic rings. The molecule has 0 spiro atoms. The molecule has 3 rings (SSSR count). The molecule has 2 saturated carbocycles. The molecule has 0 radical (unpaired) electrons. The third-order valence-corrected chi connectivity index (χ3v) is 5.72. The van der Waals surface area contributed by atoms with Gasteiger partial charge in [-0.2, -0.15) is 0 Å². The van der Waals surface area contributed by atoms with Crippen LogP contribution in [0.2, 0.25) is 0 Å². The zero-order valence-electron chi connectivity index (χ0n) is 15.7. The average Bonchev–Trinajstić information content (AvgIpc) is 3.49. The lowest BCUT2D eigenvalue weighted by atomic mass is 9.94. The lowest BCUT2D eigenvalue weighted by Crippen LogP contribution is -2.46. The van der Waals surface area contributed by atoms with E-state index in [1.54, 1.807) is 7.11 Å². The van der Waals surface area contributed by atoms with Crippen LogP contribution in [0.25, 0.3) is 0 Å². The molecule has 138 valence electrons. The summed E-state index contributed by atoms with van der Waals surface area (Å²) in [5, 5.41) is 3.56. The SMILES string of the molecule is CCN(C(=O)CNC(c1ccc(OC)cc1)C1CC1)C1CCCCC1. The smallest absolute Gasteiger partial charge is 0.236 e. The highest BCUT2D eigenvalue weighted by Crippen LogP contribution is 2.41. The zero-order valence-corrected chi connectivity index (χ0v) is 15.7. The summed E-state index contributed by atoms with van der Waals surface area (Å²) >= 11 is 0. The van der Waals surface area contributed by atoms with Crippen LogP contribution in [0.5, 0.6) is 5.75 Å². The minimum absolute atomic E-state index is 0.258. The van der Waals surface area contributed by atoms with Gasteiger partial charge in [-0.1, -0.05) is 31.4 Å². The van der Waals surface area contributed by atoms with Crippen molar-refractivity contribution in [2.45, 2.75) is 64.0 Å². The predicted molar refractivity (Wildman–Crippen MR) is 101 cm³/mol. The standard InChI is InChI=1S/C21H32N2O2/c1-3-23(18-7-5-4-6-8-18)20(24)15-22-21(16-9-10-16)17-11-13-19(25-2)14-12-17/h11-14,16,18,21-22H,3-10,15H2,1-2H3. The summed E-state index contributed by atoms with van der Waals surface area (Å²) in [6.07, 6.45) is 8.68. The molecule has 0 saturated heterocycles. The lowest BCUT2D eigenvalue weighted by Gasteiger charge is -2.34. The van der Waals surface area contributed by atoms with Gasteiger partial charge >= 0.3 is 0 Å². The summed E-state index contributed by atoms with van der Waals surface area (Å²) in [5.74, 6) is 1.79. The first-order valence-corrected chi connectivity index (χ1v) is 9.89. The number of hydrogen-bond donors (Lipinski definition) is 1. The van der Waals surface area contributed by atoms with Gasteiger partial charge in [0.05, 0.1) is 13.7 Å². The molecule has 1 aromatic carbocycles. The maximum Gasteiger partial charge on any atom is 0.236 e. The number of hydrogen-bond acceptors (Lipinski definition) is 3. The van der Waals surface area contributed by atoms with Crippen molar-refractivity contribution < 1.29 is 9.53 Å². The van der Waals surface area contributed by atoms with Crippen molar-refractivity contribution in [3.05, 3.63) is 29.8 Å². The number of likely N-dealkylation sites (N-methyl/N-ethyl adjacent to an activating group) is 1. The molecule has 4 nitrogen and oxygen atoms in total. The number of carbonyl (C=O) groups excluding carboxylic acids is 1. The molecule has 2 aliphatic carbocycles. The Morgan fingerprint density at radius 1 is 1.16 bits per heavy atom. The van der Waals surface area contributed by atoms with Gasteiger partial charge in [-0.15, -0.1) is 0 Å². The van der Waals surface area contributed by atoms with E-state index in [0.29, 0.717) is 18.5 Å². The minimum Gasteiger partial charge on any atom is -0.497 e. The topological polar surface area (TPSA) is 41.6 Å². The summed E-state index contributed by atoms with van der Waals surface area (Å²) in [6.45, 7) is 3.37. The highest BCUT2D eigenvalue weighted by atomic mass is 16.5. The third-order valence-electron chi connectivity index (χ3n) is 5.72. The van der Waals surface area contributed by atoms with Crippen molar-refractivity contribution in [3.8, 4) is 5.75 Å². The van der Waals surface area contributed by atoms with E-state index in [-0.39, 0.29) is 11.9 Å². The van der Waals surface area contributed by atoms with Gasteiger partial charge in [0, 0.05) is 18.6 Å². The van der Waals surface area contributed by atoms with Crippen LogP contribution >= 0.6 is 0 Å². The fourth-order valence-corrected chi connectivity index (χ4v) is 4.13. The molecule has 2 fully saturated rings. The largest absolute Gasteiger partial charge is 0.497 e. The predicted octanol–water partition coefficient (Wildman–Crippen LogP) is 3.92. The van der Waals surface area contributed by atoms with Gasteiger partial charge in [-0.25, -0.2) is 0 Å². The van der Waals surface area contributed by atoms with Crippen LogP contribution in [-0.2, 0) is 4.79 Å². The molecule has 1 N–H and O–H groups in total. The van der Waals surface area contributed by atoms with E-state index in [1.165, 1.54) is 50.5 Å². The third kappa shape index (κ3) is 4.75. The molecule has 4 heteroatoms. The summed E-state index contributed by atoms with van der Waals surface area (Å²) in [7, 11) is 1.69. The number of benzene rings is 1. The Morgan fingerprint density at radius 3 is 2.40 bits per heavy atom. The van der Waals surface area contributed by atoms with Crippen LogP contribution < -0.4 is 10.1 Å².